The fourth-order valence-electron chi connectivity index (χ4n) is 2.69. The largest absolute Gasteiger partial charge is 0.338 e. The van der Waals surface area contributed by atoms with Gasteiger partial charge in [-0.3, -0.25) is 9.80 Å². The number of nitrogens with zero attached hydrogens (tertiary/aromatic N) is 4. The van der Waals surface area contributed by atoms with Crippen LogP contribution in [-0.4, -0.2) is 46.1 Å². The SMILES string of the molecule is CCc1noc([C@@H](C)N2CCN(Cc3ccsc3)CC2)n1. The Bertz CT molecular complexity index is 546. The summed E-state index contributed by atoms with van der Waals surface area (Å²) in [4.78, 5) is 9.39. The highest BCUT2D eigenvalue weighted by atomic mass is 32.1. The van der Waals surface area contributed by atoms with Crippen LogP contribution in [0.4, 0.5) is 0 Å². The number of aryl methyl sites for hydroxylation is 1. The maximum Gasteiger partial charge on any atom is 0.243 e. The first-order chi connectivity index (χ1) is 10.3. The minimum absolute atomic E-state index is 0.209. The van der Waals surface area contributed by atoms with E-state index in [0.29, 0.717) is 0 Å². The molecule has 5 nitrogen and oxygen atoms in total. The number of rotatable bonds is 5. The number of piperazine rings is 1. The molecule has 1 atom stereocenters. The smallest absolute Gasteiger partial charge is 0.243 e. The van der Waals surface area contributed by atoms with Crippen molar-refractivity contribution in [3.8, 4) is 0 Å². The second-order valence-electron chi connectivity index (χ2n) is 5.52. The minimum Gasteiger partial charge on any atom is -0.338 e. The number of aromatic nitrogens is 2. The summed E-state index contributed by atoms with van der Waals surface area (Å²) < 4.78 is 5.37. The van der Waals surface area contributed by atoms with E-state index < -0.39 is 0 Å². The van der Waals surface area contributed by atoms with Crippen LogP contribution in [0.2, 0.25) is 0 Å². The molecule has 0 spiro atoms. The van der Waals surface area contributed by atoms with Gasteiger partial charge in [0.2, 0.25) is 5.89 Å². The van der Waals surface area contributed by atoms with Gasteiger partial charge in [-0.1, -0.05) is 12.1 Å². The van der Waals surface area contributed by atoms with Gasteiger partial charge < -0.3 is 4.52 Å². The number of thiophene rings is 1. The maximum absolute atomic E-state index is 5.37. The molecule has 0 bridgehead atoms. The summed E-state index contributed by atoms with van der Waals surface area (Å²) >= 11 is 1.77. The molecule has 6 heteroatoms. The zero-order chi connectivity index (χ0) is 14.7. The lowest BCUT2D eigenvalue weighted by molar-refractivity contribution is 0.0846. The predicted molar refractivity (Wildman–Crippen MR) is 83.3 cm³/mol. The lowest BCUT2D eigenvalue weighted by Gasteiger charge is -2.36. The van der Waals surface area contributed by atoms with Crippen molar-refractivity contribution in [3.05, 3.63) is 34.1 Å². The Balaban J connectivity index is 1.52. The van der Waals surface area contributed by atoms with Crippen LogP contribution in [-0.2, 0) is 13.0 Å². The topological polar surface area (TPSA) is 45.4 Å². The van der Waals surface area contributed by atoms with E-state index in [2.05, 4.69) is 43.7 Å². The lowest BCUT2D eigenvalue weighted by Crippen LogP contribution is -2.46. The zero-order valence-corrected chi connectivity index (χ0v) is 13.5. The first kappa shape index (κ1) is 14.7. The van der Waals surface area contributed by atoms with Crippen LogP contribution in [0.5, 0.6) is 0 Å². The monoisotopic (exact) mass is 306 g/mol. The second-order valence-corrected chi connectivity index (χ2v) is 6.30. The van der Waals surface area contributed by atoms with Gasteiger partial charge in [-0.05, 0) is 29.3 Å². The molecule has 0 saturated carbocycles. The molecule has 0 unspecified atom stereocenters. The fourth-order valence-corrected chi connectivity index (χ4v) is 3.35. The fraction of sp³-hybridized carbons (Fsp3) is 0.600. The summed E-state index contributed by atoms with van der Waals surface area (Å²) in [5.74, 6) is 1.55. The molecule has 2 aromatic rings. The molecule has 0 N–H and O–H groups in total. The Labute approximate surface area is 129 Å². The third-order valence-electron chi connectivity index (χ3n) is 4.10. The molecular formula is C15H22N4OS. The van der Waals surface area contributed by atoms with E-state index in [1.54, 1.807) is 11.3 Å². The van der Waals surface area contributed by atoms with Crippen LogP contribution in [0.25, 0.3) is 0 Å². The minimum atomic E-state index is 0.209. The van der Waals surface area contributed by atoms with Gasteiger partial charge in [-0.25, -0.2) is 0 Å². The average Bonchev–Trinajstić information content (AvgIpc) is 3.18. The van der Waals surface area contributed by atoms with Gasteiger partial charge >= 0.3 is 0 Å². The molecular weight excluding hydrogens is 284 g/mol. The van der Waals surface area contributed by atoms with Crippen molar-refractivity contribution in [1.82, 2.24) is 19.9 Å². The van der Waals surface area contributed by atoms with Crippen molar-refractivity contribution in [1.29, 1.82) is 0 Å². The molecule has 0 aliphatic carbocycles. The molecule has 1 fully saturated rings. The van der Waals surface area contributed by atoms with Gasteiger partial charge in [0, 0.05) is 39.1 Å². The summed E-state index contributed by atoms with van der Waals surface area (Å²) in [5, 5.41) is 8.38. The van der Waals surface area contributed by atoms with Gasteiger partial charge in [0.25, 0.3) is 0 Å². The summed E-state index contributed by atoms with van der Waals surface area (Å²) in [6.45, 7) is 9.55. The van der Waals surface area contributed by atoms with Crippen molar-refractivity contribution in [2.75, 3.05) is 26.2 Å². The summed E-state index contributed by atoms with van der Waals surface area (Å²) in [5.41, 5.74) is 1.42. The molecule has 1 saturated heterocycles. The van der Waals surface area contributed by atoms with Crippen molar-refractivity contribution >= 4 is 11.3 Å². The normalized spacial score (nSPS) is 19.0. The van der Waals surface area contributed by atoms with Gasteiger partial charge in [-0.15, -0.1) is 0 Å². The van der Waals surface area contributed by atoms with E-state index in [-0.39, 0.29) is 6.04 Å². The molecule has 114 valence electrons. The van der Waals surface area contributed by atoms with Crippen LogP contribution in [0.15, 0.2) is 21.3 Å². The Morgan fingerprint density at radius 2 is 2.14 bits per heavy atom. The number of hydrogen-bond donors (Lipinski definition) is 0. The number of hydrogen-bond acceptors (Lipinski definition) is 6. The molecule has 2 aromatic heterocycles. The van der Waals surface area contributed by atoms with Crippen molar-refractivity contribution in [2.45, 2.75) is 32.9 Å². The van der Waals surface area contributed by atoms with E-state index in [0.717, 1.165) is 50.9 Å². The zero-order valence-electron chi connectivity index (χ0n) is 12.7. The third kappa shape index (κ3) is 3.51. The van der Waals surface area contributed by atoms with E-state index >= 15 is 0 Å². The van der Waals surface area contributed by atoms with Crippen LogP contribution >= 0.6 is 11.3 Å². The van der Waals surface area contributed by atoms with E-state index in [1.165, 1.54) is 5.56 Å². The second kappa shape index (κ2) is 6.68. The third-order valence-corrected chi connectivity index (χ3v) is 4.83. The van der Waals surface area contributed by atoms with E-state index in [1.807, 2.05) is 6.92 Å². The highest BCUT2D eigenvalue weighted by molar-refractivity contribution is 7.07. The molecule has 3 rings (SSSR count). The quantitative estimate of drug-likeness (QED) is 0.849. The lowest BCUT2D eigenvalue weighted by atomic mass is 10.2. The molecule has 3 heterocycles. The first-order valence-electron chi connectivity index (χ1n) is 7.56. The molecule has 21 heavy (non-hydrogen) atoms. The standard InChI is InChI=1S/C15H22N4OS/c1-3-14-16-15(20-17-14)12(2)19-7-5-18(6-8-19)10-13-4-9-21-11-13/h4,9,11-12H,3,5-8,10H2,1-2H3/t12-/m1/s1. The highest BCUT2D eigenvalue weighted by Crippen LogP contribution is 2.21. The maximum atomic E-state index is 5.37. The van der Waals surface area contributed by atoms with Crippen molar-refractivity contribution in [3.63, 3.8) is 0 Å². The Morgan fingerprint density at radius 1 is 1.33 bits per heavy atom. The van der Waals surface area contributed by atoms with Gasteiger partial charge in [0.1, 0.15) is 0 Å². The van der Waals surface area contributed by atoms with Crippen molar-refractivity contribution in [2.24, 2.45) is 0 Å². The molecule has 1 aliphatic rings. The summed E-state index contributed by atoms with van der Waals surface area (Å²) in [6, 6.07) is 2.42. The first-order valence-corrected chi connectivity index (χ1v) is 8.50. The van der Waals surface area contributed by atoms with Crippen LogP contribution < -0.4 is 0 Å². The van der Waals surface area contributed by atoms with Gasteiger partial charge in [-0.2, -0.15) is 16.3 Å². The highest BCUT2D eigenvalue weighted by Gasteiger charge is 2.25. The van der Waals surface area contributed by atoms with Gasteiger partial charge in [0.15, 0.2) is 5.82 Å². The van der Waals surface area contributed by atoms with Crippen LogP contribution in [0.1, 0.15) is 37.2 Å². The molecule has 0 radical (unpaired) electrons. The van der Waals surface area contributed by atoms with Gasteiger partial charge in [0.05, 0.1) is 6.04 Å². The average molecular weight is 306 g/mol. The van der Waals surface area contributed by atoms with Crippen molar-refractivity contribution < 1.29 is 4.52 Å². The van der Waals surface area contributed by atoms with Crippen LogP contribution in [0.3, 0.4) is 0 Å². The summed E-state index contributed by atoms with van der Waals surface area (Å²) in [7, 11) is 0. The van der Waals surface area contributed by atoms with Crippen LogP contribution in [0, 0.1) is 0 Å². The van der Waals surface area contributed by atoms with E-state index in [4.69, 9.17) is 4.52 Å². The molecule has 1 aliphatic heterocycles. The van der Waals surface area contributed by atoms with E-state index in [9.17, 15) is 0 Å². The molecule has 0 aromatic carbocycles. The predicted octanol–water partition coefficient (Wildman–Crippen LogP) is 2.57. The Kier molecular flexibility index (Phi) is 4.67. The Hall–Kier alpha value is -1.24. The summed E-state index contributed by atoms with van der Waals surface area (Å²) in [6.07, 6.45) is 0.824. The molecule has 0 amide bonds. The Morgan fingerprint density at radius 3 is 2.76 bits per heavy atom.